The van der Waals surface area contributed by atoms with Crippen molar-refractivity contribution >= 4 is 33.7 Å². The first-order valence-corrected chi connectivity index (χ1v) is 15.5. The summed E-state index contributed by atoms with van der Waals surface area (Å²) in [5.41, 5.74) is 5.87. The number of primary amides is 1. The number of benzene rings is 2. The number of amides is 1. The van der Waals surface area contributed by atoms with Crippen molar-refractivity contribution < 1.29 is 38.8 Å². The van der Waals surface area contributed by atoms with Gasteiger partial charge in [-0.2, -0.15) is 0 Å². The summed E-state index contributed by atoms with van der Waals surface area (Å²) in [6, 6.07) is 10.8. The molecule has 0 unspecified atom stereocenters. The molecule has 11 nitrogen and oxygen atoms in total. The molecule has 1 aliphatic carbocycles. The Labute approximate surface area is 260 Å². The first-order valence-electron chi connectivity index (χ1n) is 15.5. The van der Waals surface area contributed by atoms with Gasteiger partial charge in [0.15, 0.2) is 11.3 Å². The van der Waals surface area contributed by atoms with Gasteiger partial charge in [0.2, 0.25) is 5.91 Å². The number of aromatic nitrogens is 1. The molecule has 240 valence electrons. The molecule has 45 heavy (non-hydrogen) atoms. The number of fused-ring (bicyclic) bond motifs is 2. The van der Waals surface area contributed by atoms with E-state index in [1.807, 2.05) is 25.1 Å². The Morgan fingerprint density at radius 1 is 1.13 bits per heavy atom. The number of hydrogen-bond acceptors (Lipinski definition) is 8. The number of nitrogens with zero attached hydrogens (tertiary/aromatic N) is 1. The monoisotopic (exact) mass is 619 g/mol. The van der Waals surface area contributed by atoms with Gasteiger partial charge >= 0.3 is 5.97 Å². The molecule has 1 saturated heterocycles. The van der Waals surface area contributed by atoms with Gasteiger partial charge in [-0.15, -0.1) is 0 Å². The third kappa shape index (κ3) is 5.64. The Morgan fingerprint density at radius 3 is 2.56 bits per heavy atom. The van der Waals surface area contributed by atoms with Crippen molar-refractivity contribution in [2.24, 2.45) is 11.7 Å². The molecule has 1 amide bonds. The second-order valence-electron chi connectivity index (χ2n) is 12.8. The molecule has 11 heteroatoms. The van der Waals surface area contributed by atoms with Crippen molar-refractivity contribution in [2.45, 2.75) is 69.2 Å². The summed E-state index contributed by atoms with van der Waals surface area (Å²) >= 11 is 0. The van der Waals surface area contributed by atoms with Crippen LogP contribution >= 0.6 is 0 Å². The van der Waals surface area contributed by atoms with Crippen molar-refractivity contribution in [1.29, 1.82) is 0 Å². The fourth-order valence-electron chi connectivity index (χ4n) is 7.29. The first kappa shape index (κ1) is 30.9. The second kappa shape index (κ2) is 12.0. The minimum Gasteiger partial charge on any atom is -0.493 e. The van der Waals surface area contributed by atoms with Gasteiger partial charge in [-0.25, -0.2) is 4.79 Å². The molecule has 1 aliphatic heterocycles. The van der Waals surface area contributed by atoms with E-state index in [4.69, 9.17) is 19.6 Å². The lowest BCUT2D eigenvalue weighted by Crippen LogP contribution is -2.50. The van der Waals surface area contributed by atoms with Gasteiger partial charge < -0.3 is 44.8 Å². The largest absolute Gasteiger partial charge is 0.493 e. The van der Waals surface area contributed by atoms with Crippen LogP contribution in [0.4, 0.5) is 0 Å². The standard InChI is InChI=1S/C34H41N3O8/c1-20-17-37(15-9-24(20)38)16-14-33(42)10-12-34(13-11-33,32(35)41)28-27-23(36-29(28)31(39)40)6-4-7-25(27)44-18-21-19-45-30-22(21)5-3-8-26(30)43-2/h3-8,19-20,24,36,38,42H,9-18H2,1-2H3,(H2,35,41)(H,39,40)/t20-,24-,33?,34?/m0/s1. The van der Waals surface area contributed by atoms with Crippen molar-refractivity contribution in [3.8, 4) is 11.5 Å². The molecular weight excluding hydrogens is 578 g/mol. The molecular formula is C34H41N3O8. The van der Waals surface area contributed by atoms with E-state index in [9.17, 15) is 24.9 Å². The predicted octanol–water partition coefficient (Wildman–Crippen LogP) is 4.32. The fraction of sp³-hybridized carbons (Fsp3) is 0.471. The number of ether oxygens (including phenoxy) is 2. The van der Waals surface area contributed by atoms with Crippen LogP contribution in [-0.4, -0.2) is 75.5 Å². The molecule has 2 atom stereocenters. The number of piperidine rings is 1. The summed E-state index contributed by atoms with van der Waals surface area (Å²) in [7, 11) is 1.57. The van der Waals surface area contributed by atoms with E-state index >= 15 is 0 Å². The molecule has 0 radical (unpaired) electrons. The van der Waals surface area contributed by atoms with Gasteiger partial charge in [0, 0.05) is 41.5 Å². The van der Waals surface area contributed by atoms with Gasteiger partial charge in [0.25, 0.3) is 0 Å². The SMILES string of the molecule is COc1cccc2c(COc3cccc4[nH]c(C(=O)O)c(C5(C(N)=O)CCC(O)(CCN6CC[C@H](O)[C@@H](C)C6)CC5)c34)coc12. The molecule has 4 aromatic rings. The highest BCUT2D eigenvalue weighted by molar-refractivity contribution is 6.05. The second-order valence-corrected chi connectivity index (χ2v) is 12.8. The Kier molecular flexibility index (Phi) is 8.28. The third-order valence-electron chi connectivity index (χ3n) is 10.1. The molecule has 6 N–H and O–H groups in total. The lowest BCUT2D eigenvalue weighted by atomic mass is 9.63. The van der Waals surface area contributed by atoms with E-state index in [1.165, 1.54) is 0 Å². The average molecular weight is 620 g/mol. The number of carboxylic acids is 1. The molecule has 2 aromatic carbocycles. The van der Waals surface area contributed by atoms with E-state index in [-0.39, 0.29) is 37.2 Å². The molecule has 2 fully saturated rings. The quantitative estimate of drug-likeness (QED) is 0.173. The van der Waals surface area contributed by atoms with Gasteiger partial charge in [-0.3, -0.25) is 4.79 Å². The Hall–Kier alpha value is -4.06. The van der Waals surface area contributed by atoms with Crippen LogP contribution in [0.15, 0.2) is 47.1 Å². The minimum atomic E-state index is -1.32. The van der Waals surface area contributed by atoms with E-state index in [1.54, 1.807) is 31.6 Å². The maximum atomic E-state index is 13.4. The smallest absolute Gasteiger partial charge is 0.352 e. The zero-order chi connectivity index (χ0) is 31.9. The number of hydrogen-bond donors (Lipinski definition) is 5. The Balaban J connectivity index is 1.30. The van der Waals surface area contributed by atoms with E-state index in [0.29, 0.717) is 65.8 Å². The van der Waals surface area contributed by atoms with Gasteiger partial charge in [-0.05, 0) is 62.6 Å². The average Bonchev–Trinajstić information content (AvgIpc) is 3.64. The summed E-state index contributed by atoms with van der Waals surface area (Å²) in [4.78, 5) is 31.2. The van der Waals surface area contributed by atoms with Crippen molar-refractivity contribution in [3.63, 3.8) is 0 Å². The summed E-state index contributed by atoms with van der Waals surface area (Å²) < 4.78 is 17.5. The van der Waals surface area contributed by atoms with Crippen LogP contribution in [0, 0.1) is 5.92 Å². The predicted molar refractivity (Wildman–Crippen MR) is 167 cm³/mol. The number of likely N-dealkylation sites (tertiary alicyclic amines) is 1. The number of methoxy groups -OCH3 is 1. The number of H-pyrrole nitrogens is 1. The maximum Gasteiger partial charge on any atom is 0.352 e. The number of rotatable bonds is 10. The number of aromatic amines is 1. The van der Waals surface area contributed by atoms with Crippen molar-refractivity contribution in [3.05, 3.63) is 59.5 Å². The van der Waals surface area contributed by atoms with Crippen LogP contribution in [-0.2, 0) is 16.8 Å². The van der Waals surface area contributed by atoms with Crippen LogP contribution in [0.5, 0.6) is 11.5 Å². The summed E-state index contributed by atoms with van der Waals surface area (Å²) in [5.74, 6) is -0.654. The summed E-state index contributed by atoms with van der Waals surface area (Å²) in [6.45, 7) is 4.37. The number of aliphatic hydroxyl groups excluding tert-OH is 1. The molecule has 0 bridgehead atoms. The lowest BCUT2D eigenvalue weighted by molar-refractivity contribution is -0.127. The Morgan fingerprint density at radius 2 is 1.87 bits per heavy atom. The number of carboxylic acid groups (broad SMARTS) is 1. The number of nitrogens with one attached hydrogen (secondary N) is 1. The van der Waals surface area contributed by atoms with Crippen LogP contribution < -0.4 is 15.2 Å². The lowest BCUT2D eigenvalue weighted by Gasteiger charge is -2.44. The molecule has 3 heterocycles. The Bertz CT molecular complexity index is 1720. The van der Waals surface area contributed by atoms with Crippen LogP contribution in [0.2, 0.25) is 0 Å². The molecule has 1 saturated carbocycles. The zero-order valence-electron chi connectivity index (χ0n) is 25.7. The molecule has 6 rings (SSSR count). The fourth-order valence-corrected chi connectivity index (χ4v) is 7.29. The highest BCUT2D eigenvalue weighted by Gasteiger charge is 2.50. The highest BCUT2D eigenvalue weighted by Crippen LogP contribution is 2.49. The normalized spacial score (nSPS) is 25.9. The zero-order valence-corrected chi connectivity index (χ0v) is 25.7. The first-order chi connectivity index (χ1) is 21.5. The number of nitrogens with two attached hydrogens (primary N) is 1. The molecule has 0 spiro atoms. The molecule has 2 aliphatic rings. The number of aliphatic hydroxyl groups is 2. The number of furan rings is 1. The summed E-state index contributed by atoms with van der Waals surface area (Å²) in [6.07, 6.45) is 3.50. The maximum absolute atomic E-state index is 13.4. The van der Waals surface area contributed by atoms with Crippen LogP contribution in [0.3, 0.4) is 0 Å². The van der Waals surface area contributed by atoms with Crippen LogP contribution in [0.25, 0.3) is 21.9 Å². The number of carbonyl (C=O) groups excluding carboxylic acids is 1. The van der Waals surface area contributed by atoms with E-state index < -0.39 is 22.9 Å². The van der Waals surface area contributed by atoms with Crippen molar-refractivity contribution in [2.75, 3.05) is 26.7 Å². The highest BCUT2D eigenvalue weighted by atomic mass is 16.5. The van der Waals surface area contributed by atoms with Crippen LogP contribution in [0.1, 0.15) is 67.1 Å². The number of aromatic carboxylic acids is 1. The number of para-hydroxylation sites is 1. The van der Waals surface area contributed by atoms with Gasteiger partial charge in [-0.1, -0.05) is 25.1 Å². The summed E-state index contributed by atoms with van der Waals surface area (Å²) in [5, 5.41) is 33.3. The number of carbonyl (C=O) groups is 2. The van der Waals surface area contributed by atoms with Crippen molar-refractivity contribution in [1.82, 2.24) is 9.88 Å². The minimum absolute atomic E-state index is 0.107. The molecule has 2 aromatic heterocycles. The van der Waals surface area contributed by atoms with Gasteiger partial charge in [0.1, 0.15) is 18.1 Å². The topological polar surface area (TPSA) is 171 Å². The van der Waals surface area contributed by atoms with E-state index in [2.05, 4.69) is 9.88 Å². The van der Waals surface area contributed by atoms with Gasteiger partial charge in [0.05, 0.1) is 36.0 Å². The van der Waals surface area contributed by atoms with E-state index in [0.717, 1.165) is 24.0 Å². The third-order valence-corrected chi connectivity index (χ3v) is 10.1.